The molecule has 0 saturated carbocycles. The van der Waals surface area contributed by atoms with Crippen molar-refractivity contribution in [1.29, 1.82) is 0 Å². The van der Waals surface area contributed by atoms with Crippen LogP contribution in [0.4, 0.5) is 0 Å². The fourth-order valence-electron chi connectivity index (χ4n) is 2.39. The van der Waals surface area contributed by atoms with E-state index in [2.05, 4.69) is 0 Å². The summed E-state index contributed by atoms with van der Waals surface area (Å²) in [5.41, 5.74) is 2.36. The molecule has 1 aromatic rings. The SMILES string of the molecule is Cc1ccc(C(=O)N2CCCCC2)cc1/C=C/C(=O)O. The molecule has 1 aliphatic rings. The molecule has 0 radical (unpaired) electrons. The predicted octanol–water partition coefficient (Wildman–Crippen LogP) is 2.72. The molecule has 0 aliphatic carbocycles. The Morgan fingerprint density at radius 2 is 1.90 bits per heavy atom. The number of carboxylic acids is 1. The number of aliphatic carboxylic acids is 1. The van der Waals surface area contributed by atoms with Gasteiger partial charge in [0.25, 0.3) is 5.91 Å². The third-order valence-electron chi connectivity index (χ3n) is 3.57. The number of aryl methyl sites for hydroxylation is 1. The third-order valence-corrected chi connectivity index (χ3v) is 3.57. The first-order valence-electron chi connectivity index (χ1n) is 6.89. The monoisotopic (exact) mass is 273 g/mol. The van der Waals surface area contributed by atoms with Crippen molar-refractivity contribution < 1.29 is 14.7 Å². The number of piperidine rings is 1. The van der Waals surface area contributed by atoms with Gasteiger partial charge < -0.3 is 10.0 Å². The maximum atomic E-state index is 12.4. The van der Waals surface area contributed by atoms with E-state index in [1.165, 1.54) is 12.5 Å². The molecular weight excluding hydrogens is 254 g/mol. The van der Waals surface area contributed by atoms with E-state index in [1.54, 1.807) is 6.07 Å². The van der Waals surface area contributed by atoms with Gasteiger partial charge in [-0.05, 0) is 55.5 Å². The number of carbonyl (C=O) groups excluding carboxylic acids is 1. The lowest BCUT2D eigenvalue weighted by Crippen LogP contribution is -2.35. The van der Waals surface area contributed by atoms with Crippen molar-refractivity contribution in [3.05, 3.63) is 41.0 Å². The van der Waals surface area contributed by atoms with Crippen molar-refractivity contribution in [3.8, 4) is 0 Å². The van der Waals surface area contributed by atoms with Crippen LogP contribution in [0.3, 0.4) is 0 Å². The second-order valence-corrected chi connectivity index (χ2v) is 5.10. The molecule has 20 heavy (non-hydrogen) atoms. The van der Waals surface area contributed by atoms with E-state index >= 15 is 0 Å². The number of nitrogens with zero attached hydrogens (tertiary/aromatic N) is 1. The lowest BCUT2D eigenvalue weighted by atomic mass is 10.0. The first-order chi connectivity index (χ1) is 9.58. The van der Waals surface area contributed by atoms with Crippen LogP contribution in [0.1, 0.15) is 40.7 Å². The molecule has 106 valence electrons. The van der Waals surface area contributed by atoms with Gasteiger partial charge in [0.1, 0.15) is 0 Å². The van der Waals surface area contributed by atoms with Crippen LogP contribution in [0, 0.1) is 6.92 Å². The van der Waals surface area contributed by atoms with E-state index < -0.39 is 5.97 Å². The number of carboxylic acid groups (broad SMARTS) is 1. The highest BCUT2D eigenvalue weighted by atomic mass is 16.4. The van der Waals surface area contributed by atoms with Crippen molar-refractivity contribution in [2.45, 2.75) is 26.2 Å². The smallest absolute Gasteiger partial charge is 0.328 e. The molecule has 0 bridgehead atoms. The third kappa shape index (κ3) is 3.47. The molecule has 0 atom stereocenters. The Morgan fingerprint density at radius 3 is 2.55 bits per heavy atom. The summed E-state index contributed by atoms with van der Waals surface area (Å²) in [6.45, 7) is 3.52. The maximum absolute atomic E-state index is 12.4. The largest absolute Gasteiger partial charge is 0.478 e. The Morgan fingerprint density at radius 1 is 1.20 bits per heavy atom. The molecule has 1 heterocycles. The van der Waals surface area contributed by atoms with Crippen molar-refractivity contribution in [2.75, 3.05) is 13.1 Å². The fraction of sp³-hybridized carbons (Fsp3) is 0.375. The normalized spacial score (nSPS) is 15.6. The van der Waals surface area contributed by atoms with Crippen molar-refractivity contribution >= 4 is 18.0 Å². The predicted molar refractivity (Wildman–Crippen MR) is 77.6 cm³/mol. The van der Waals surface area contributed by atoms with Gasteiger partial charge in [-0.15, -0.1) is 0 Å². The fourth-order valence-corrected chi connectivity index (χ4v) is 2.39. The van der Waals surface area contributed by atoms with Crippen LogP contribution in [-0.2, 0) is 4.79 Å². The van der Waals surface area contributed by atoms with Crippen LogP contribution in [-0.4, -0.2) is 35.0 Å². The lowest BCUT2D eigenvalue weighted by Gasteiger charge is -2.26. The average molecular weight is 273 g/mol. The molecule has 2 rings (SSSR count). The molecule has 0 spiro atoms. The van der Waals surface area contributed by atoms with Gasteiger partial charge in [-0.25, -0.2) is 4.79 Å². The van der Waals surface area contributed by atoms with Crippen LogP contribution in [0.15, 0.2) is 24.3 Å². The number of benzene rings is 1. The molecule has 1 saturated heterocycles. The van der Waals surface area contributed by atoms with Gasteiger partial charge in [0.15, 0.2) is 0 Å². The standard InChI is InChI=1S/C16H19NO3/c1-12-5-6-14(11-13(12)7-8-15(18)19)16(20)17-9-3-2-4-10-17/h5-8,11H,2-4,9-10H2,1H3,(H,18,19)/b8-7+. The van der Waals surface area contributed by atoms with Gasteiger partial charge in [0, 0.05) is 24.7 Å². The minimum atomic E-state index is -0.989. The summed E-state index contributed by atoms with van der Waals surface area (Å²) in [6, 6.07) is 5.44. The highest BCUT2D eigenvalue weighted by molar-refractivity contribution is 5.95. The molecule has 1 amide bonds. The lowest BCUT2D eigenvalue weighted by molar-refractivity contribution is -0.131. The van der Waals surface area contributed by atoms with E-state index in [4.69, 9.17) is 5.11 Å². The van der Waals surface area contributed by atoms with Crippen molar-refractivity contribution in [1.82, 2.24) is 4.90 Å². The number of likely N-dealkylation sites (tertiary alicyclic amines) is 1. The Hall–Kier alpha value is -2.10. The number of hydrogen-bond donors (Lipinski definition) is 1. The second-order valence-electron chi connectivity index (χ2n) is 5.10. The van der Waals surface area contributed by atoms with Gasteiger partial charge >= 0.3 is 5.97 Å². The molecule has 0 unspecified atom stereocenters. The van der Waals surface area contributed by atoms with Gasteiger partial charge in [0.2, 0.25) is 0 Å². The van der Waals surface area contributed by atoms with E-state index in [0.717, 1.165) is 43.1 Å². The van der Waals surface area contributed by atoms with Gasteiger partial charge in [-0.3, -0.25) is 4.79 Å². The molecule has 1 aromatic carbocycles. The Balaban J connectivity index is 2.21. The molecular formula is C16H19NO3. The number of amides is 1. The van der Waals surface area contributed by atoms with E-state index in [9.17, 15) is 9.59 Å². The van der Waals surface area contributed by atoms with Gasteiger partial charge in [-0.1, -0.05) is 6.07 Å². The second kappa shape index (κ2) is 6.37. The van der Waals surface area contributed by atoms with Gasteiger partial charge in [-0.2, -0.15) is 0 Å². The maximum Gasteiger partial charge on any atom is 0.328 e. The first kappa shape index (κ1) is 14.3. The summed E-state index contributed by atoms with van der Waals surface area (Å²) in [5.74, 6) is -0.952. The van der Waals surface area contributed by atoms with Crippen LogP contribution >= 0.6 is 0 Å². The molecule has 4 nitrogen and oxygen atoms in total. The Kier molecular flexibility index (Phi) is 4.56. The summed E-state index contributed by atoms with van der Waals surface area (Å²) < 4.78 is 0. The quantitative estimate of drug-likeness (QED) is 0.861. The van der Waals surface area contributed by atoms with Crippen LogP contribution in [0.2, 0.25) is 0 Å². The zero-order chi connectivity index (χ0) is 14.5. The number of rotatable bonds is 3. The zero-order valence-corrected chi connectivity index (χ0v) is 11.6. The molecule has 0 aromatic heterocycles. The van der Waals surface area contributed by atoms with Crippen LogP contribution in [0.5, 0.6) is 0 Å². The Labute approximate surface area is 118 Å². The summed E-state index contributed by atoms with van der Waals surface area (Å²) in [4.78, 5) is 24.8. The average Bonchev–Trinajstić information content (AvgIpc) is 2.46. The van der Waals surface area contributed by atoms with Gasteiger partial charge in [0.05, 0.1) is 0 Å². The first-order valence-corrected chi connectivity index (χ1v) is 6.89. The van der Waals surface area contributed by atoms with Crippen LogP contribution < -0.4 is 0 Å². The van der Waals surface area contributed by atoms with Crippen molar-refractivity contribution in [3.63, 3.8) is 0 Å². The molecule has 4 heteroatoms. The summed E-state index contributed by atoms with van der Waals surface area (Å²) in [6.07, 6.45) is 5.93. The van der Waals surface area contributed by atoms with Crippen molar-refractivity contribution in [2.24, 2.45) is 0 Å². The summed E-state index contributed by atoms with van der Waals surface area (Å²) in [5, 5.41) is 8.69. The highest BCUT2D eigenvalue weighted by Gasteiger charge is 2.18. The highest BCUT2D eigenvalue weighted by Crippen LogP contribution is 2.17. The summed E-state index contributed by atoms with van der Waals surface area (Å²) in [7, 11) is 0. The minimum Gasteiger partial charge on any atom is -0.478 e. The number of carbonyl (C=O) groups is 2. The Bertz CT molecular complexity index is 543. The van der Waals surface area contributed by atoms with E-state index in [1.807, 2.05) is 24.0 Å². The van der Waals surface area contributed by atoms with E-state index in [-0.39, 0.29) is 5.91 Å². The topological polar surface area (TPSA) is 57.6 Å². The molecule has 1 N–H and O–H groups in total. The molecule has 1 aliphatic heterocycles. The summed E-state index contributed by atoms with van der Waals surface area (Å²) >= 11 is 0. The minimum absolute atomic E-state index is 0.0367. The van der Waals surface area contributed by atoms with Crippen LogP contribution in [0.25, 0.3) is 6.08 Å². The number of hydrogen-bond acceptors (Lipinski definition) is 2. The van der Waals surface area contributed by atoms with E-state index in [0.29, 0.717) is 5.56 Å². The zero-order valence-electron chi connectivity index (χ0n) is 11.6. The molecule has 1 fully saturated rings.